The maximum Gasteiger partial charge on any atom is 0.291 e. The van der Waals surface area contributed by atoms with Crippen molar-refractivity contribution in [3.63, 3.8) is 0 Å². The molecule has 1 aliphatic heterocycles. The molecule has 0 bridgehead atoms. The van der Waals surface area contributed by atoms with Gasteiger partial charge in [0.25, 0.3) is 11.8 Å². The van der Waals surface area contributed by atoms with E-state index in [1.807, 2.05) is 16.8 Å². The molecule has 0 aromatic carbocycles. The quantitative estimate of drug-likeness (QED) is 0.786. The molecule has 9 heteroatoms. The van der Waals surface area contributed by atoms with E-state index in [1.165, 1.54) is 6.33 Å². The first-order chi connectivity index (χ1) is 10.8. The number of aromatic amines is 1. The first-order valence-corrected chi connectivity index (χ1v) is 7.76. The summed E-state index contributed by atoms with van der Waals surface area (Å²) in [5, 5.41) is 14.3. The van der Waals surface area contributed by atoms with Gasteiger partial charge in [-0.05, 0) is 17.9 Å². The highest BCUT2D eigenvalue weighted by Gasteiger charge is 2.32. The van der Waals surface area contributed by atoms with Crippen LogP contribution in [0.4, 0.5) is 0 Å². The Balaban J connectivity index is 1.48. The van der Waals surface area contributed by atoms with Crippen LogP contribution in [0.2, 0.25) is 0 Å². The summed E-state index contributed by atoms with van der Waals surface area (Å²) < 4.78 is 5.30. The lowest BCUT2D eigenvalue weighted by molar-refractivity contribution is 0.0779. The minimum Gasteiger partial charge on any atom is -0.335 e. The third-order valence-electron chi connectivity index (χ3n) is 3.67. The number of likely N-dealkylation sites (tertiary alicyclic amines) is 1. The van der Waals surface area contributed by atoms with Gasteiger partial charge in [0.15, 0.2) is 5.82 Å². The molecule has 4 heterocycles. The van der Waals surface area contributed by atoms with Gasteiger partial charge in [-0.2, -0.15) is 21.4 Å². The summed E-state index contributed by atoms with van der Waals surface area (Å²) in [7, 11) is 0. The second-order valence-corrected chi connectivity index (χ2v) is 5.82. The van der Waals surface area contributed by atoms with Crippen LogP contribution in [0.15, 0.2) is 27.7 Å². The first kappa shape index (κ1) is 13.1. The molecule has 1 aliphatic rings. The van der Waals surface area contributed by atoms with Crippen molar-refractivity contribution in [3.8, 4) is 11.5 Å². The maximum absolute atomic E-state index is 12.2. The molecule has 1 N–H and O–H groups in total. The molecule has 0 spiro atoms. The molecule has 0 radical (unpaired) electrons. The topological polar surface area (TPSA) is 101 Å². The standard InChI is InChI=1S/C13H12N6O2S/c20-13(11-14-7-15-17-11)19-3-1-8(5-19)10-16-12(21-18-10)9-2-4-22-6-9/h2,4,6-8H,1,3,5H2,(H,14,15,17). The summed E-state index contributed by atoms with van der Waals surface area (Å²) in [6, 6.07) is 1.94. The minimum atomic E-state index is -0.151. The molecule has 8 nitrogen and oxygen atoms in total. The molecule has 0 aliphatic carbocycles. The smallest absolute Gasteiger partial charge is 0.291 e. The Bertz CT molecular complexity index is 766. The SMILES string of the molecule is O=C(c1ncn[nH]1)N1CCC(c2noc(-c3ccsc3)n2)C1. The summed E-state index contributed by atoms with van der Waals surface area (Å²) in [5.41, 5.74) is 0.927. The number of rotatable bonds is 3. The number of hydrogen-bond donors (Lipinski definition) is 1. The van der Waals surface area contributed by atoms with E-state index in [0.29, 0.717) is 24.8 Å². The number of carbonyl (C=O) groups excluding carboxylic acids is 1. The Kier molecular flexibility index (Phi) is 3.19. The molecule has 3 aromatic heterocycles. The molecule has 1 amide bonds. The molecule has 4 rings (SSSR count). The van der Waals surface area contributed by atoms with E-state index < -0.39 is 0 Å². The molecular weight excluding hydrogens is 304 g/mol. The number of thiophene rings is 1. The Morgan fingerprint density at radius 2 is 2.45 bits per heavy atom. The van der Waals surface area contributed by atoms with E-state index >= 15 is 0 Å². The highest BCUT2D eigenvalue weighted by molar-refractivity contribution is 7.08. The van der Waals surface area contributed by atoms with Gasteiger partial charge in [0, 0.05) is 24.4 Å². The number of nitrogens with zero attached hydrogens (tertiary/aromatic N) is 5. The maximum atomic E-state index is 12.2. The Labute approximate surface area is 129 Å². The fraction of sp³-hybridized carbons (Fsp3) is 0.308. The number of carbonyl (C=O) groups is 1. The molecule has 0 saturated carbocycles. The van der Waals surface area contributed by atoms with Gasteiger partial charge in [0.05, 0.1) is 5.56 Å². The summed E-state index contributed by atoms with van der Waals surface area (Å²) in [6.45, 7) is 1.20. The van der Waals surface area contributed by atoms with E-state index in [1.54, 1.807) is 16.2 Å². The normalized spacial score (nSPS) is 18.0. The van der Waals surface area contributed by atoms with Crippen LogP contribution in [0, 0.1) is 0 Å². The Morgan fingerprint density at radius 3 is 3.23 bits per heavy atom. The Hall–Kier alpha value is -2.55. The molecular formula is C13H12N6O2S. The predicted octanol–water partition coefficient (Wildman–Crippen LogP) is 1.55. The predicted molar refractivity (Wildman–Crippen MR) is 77.3 cm³/mol. The fourth-order valence-corrected chi connectivity index (χ4v) is 3.15. The van der Waals surface area contributed by atoms with Gasteiger partial charge in [0.1, 0.15) is 6.33 Å². The van der Waals surface area contributed by atoms with Crippen molar-refractivity contribution in [1.82, 2.24) is 30.2 Å². The van der Waals surface area contributed by atoms with Gasteiger partial charge in [-0.15, -0.1) is 0 Å². The van der Waals surface area contributed by atoms with E-state index in [0.717, 1.165) is 12.0 Å². The van der Waals surface area contributed by atoms with Crippen LogP contribution < -0.4 is 0 Å². The van der Waals surface area contributed by atoms with E-state index in [2.05, 4.69) is 25.3 Å². The zero-order valence-electron chi connectivity index (χ0n) is 11.5. The number of H-pyrrole nitrogens is 1. The van der Waals surface area contributed by atoms with Gasteiger partial charge in [-0.3, -0.25) is 9.89 Å². The van der Waals surface area contributed by atoms with Crippen LogP contribution in [0.25, 0.3) is 11.5 Å². The minimum absolute atomic E-state index is 0.0861. The van der Waals surface area contributed by atoms with E-state index in [4.69, 9.17) is 4.52 Å². The number of nitrogens with one attached hydrogen (secondary N) is 1. The third kappa shape index (κ3) is 2.29. The van der Waals surface area contributed by atoms with Crippen LogP contribution in [0.5, 0.6) is 0 Å². The average Bonchev–Trinajstić information content (AvgIpc) is 3.35. The van der Waals surface area contributed by atoms with Crippen molar-refractivity contribution in [3.05, 3.63) is 34.8 Å². The summed E-state index contributed by atoms with van der Waals surface area (Å²) in [5.74, 6) is 1.36. The monoisotopic (exact) mass is 316 g/mol. The molecule has 1 saturated heterocycles. The van der Waals surface area contributed by atoms with Gasteiger partial charge in [-0.25, -0.2) is 4.98 Å². The van der Waals surface area contributed by atoms with Crippen molar-refractivity contribution in [2.75, 3.05) is 13.1 Å². The zero-order valence-corrected chi connectivity index (χ0v) is 12.3. The van der Waals surface area contributed by atoms with Crippen LogP contribution in [0.3, 0.4) is 0 Å². The third-order valence-corrected chi connectivity index (χ3v) is 4.35. The lowest BCUT2D eigenvalue weighted by Crippen LogP contribution is -2.29. The number of amides is 1. The van der Waals surface area contributed by atoms with Crippen LogP contribution in [-0.4, -0.2) is 49.2 Å². The number of hydrogen-bond acceptors (Lipinski definition) is 7. The molecule has 22 heavy (non-hydrogen) atoms. The average molecular weight is 316 g/mol. The van der Waals surface area contributed by atoms with Crippen LogP contribution in [-0.2, 0) is 0 Å². The largest absolute Gasteiger partial charge is 0.335 e. The fourth-order valence-electron chi connectivity index (χ4n) is 2.52. The van der Waals surface area contributed by atoms with Crippen molar-refractivity contribution in [1.29, 1.82) is 0 Å². The van der Waals surface area contributed by atoms with Crippen LogP contribution in [0.1, 0.15) is 28.8 Å². The van der Waals surface area contributed by atoms with E-state index in [9.17, 15) is 4.79 Å². The van der Waals surface area contributed by atoms with E-state index in [-0.39, 0.29) is 17.6 Å². The van der Waals surface area contributed by atoms with Gasteiger partial charge in [-0.1, -0.05) is 5.16 Å². The zero-order chi connectivity index (χ0) is 14.9. The lowest BCUT2D eigenvalue weighted by atomic mass is 10.1. The van der Waals surface area contributed by atoms with Crippen molar-refractivity contribution < 1.29 is 9.32 Å². The molecule has 1 atom stereocenters. The molecule has 112 valence electrons. The van der Waals surface area contributed by atoms with Gasteiger partial charge < -0.3 is 9.42 Å². The highest BCUT2D eigenvalue weighted by atomic mass is 32.1. The summed E-state index contributed by atoms with van der Waals surface area (Å²) in [4.78, 5) is 22.3. The highest BCUT2D eigenvalue weighted by Crippen LogP contribution is 2.28. The molecule has 1 fully saturated rings. The van der Waals surface area contributed by atoms with Crippen molar-refractivity contribution in [2.45, 2.75) is 12.3 Å². The first-order valence-electron chi connectivity index (χ1n) is 6.82. The van der Waals surface area contributed by atoms with Gasteiger partial charge >= 0.3 is 0 Å². The second-order valence-electron chi connectivity index (χ2n) is 5.04. The Morgan fingerprint density at radius 1 is 1.50 bits per heavy atom. The van der Waals surface area contributed by atoms with Crippen molar-refractivity contribution >= 4 is 17.2 Å². The second kappa shape index (κ2) is 5.34. The summed E-state index contributed by atoms with van der Waals surface area (Å²) >= 11 is 1.58. The lowest BCUT2D eigenvalue weighted by Gasteiger charge is -2.13. The molecule has 3 aromatic rings. The summed E-state index contributed by atoms with van der Waals surface area (Å²) in [6.07, 6.45) is 2.13. The number of aromatic nitrogens is 5. The van der Waals surface area contributed by atoms with Crippen molar-refractivity contribution in [2.24, 2.45) is 0 Å². The van der Waals surface area contributed by atoms with Crippen LogP contribution >= 0.6 is 11.3 Å². The molecule has 1 unspecified atom stereocenters. The van der Waals surface area contributed by atoms with Gasteiger partial charge in [0.2, 0.25) is 5.82 Å².